The van der Waals surface area contributed by atoms with E-state index in [0.717, 1.165) is 22.9 Å². The standard InChI is InChI=1S/C15H14N2O3/c1-2-5-12-17-13(15(18)19)14(20-12)10-8-16-11-7-4-3-6-9(10)11/h3-4,6-8,16H,2,5H2,1H3,(H,18,19). The smallest absolute Gasteiger partial charge is 0.358 e. The van der Waals surface area contributed by atoms with Crippen molar-refractivity contribution in [1.29, 1.82) is 0 Å². The molecule has 1 aromatic carbocycles. The zero-order valence-electron chi connectivity index (χ0n) is 11.0. The average molecular weight is 270 g/mol. The lowest BCUT2D eigenvalue weighted by Crippen LogP contribution is -1.99. The van der Waals surface area contributed by atoms with E-state index in [0.29, 0.717) is 18.1 Å². The summed E-state index contributed by atoms with van der Waals surface area (Å²) in [4.78, 5) is 18.5. The summed E-state index contributed by atoms with van der Waals surface area (Å²) in [6, 6.07) is 7.68. The monoisotopic (exact) mass is 270 g/mol. The average Bonchev–Trinajstić information content (AvgIpc) is 3.02. The molecule has 0 radical (unpaired) electrons. The van der Waals surface area contributed by atoms with Gasteiger partial charge in [-0.25, -0.2) is 9.78 Å². The first kappa shape index (κ1) is 12.5. The summed E-state index contributed by atoms with van der Waals surface area (Å²) in [5.41, 5.74) is 1.64. The van der Waals surface area contributed by atoms with E-state index in [2.05, 4.69) is 9.97 Å². The number of fused-ring (bicyclic) bond motifs is 1. The second-order valence-electron chi connectivity index (χ2n) is 4.59. The largest absolute Gasteiger partial charge is 0.476 e. The Labute approximate surface area is 115 Å². The number of carboxylic acids is 1. The van der Waals surface area contributed by atoms with Crippen LogP contribution in [0, 0.1) is 0 Å². The van der Waals surface area contributed by atoms with Crippen molar-refractivity contribution in [3.05, 3.63) is 42.0 Å². The molecule has 2 heterocycles. The zero-order valence-corrected chi connectivity index (χ0v) is 11.0. The molecule has 0 amide bonds. The quantitative estimate of drug-likeness (QED) is 0.760. The zero-order chi connectivity index (χ0) is 14.1. The summed E-state index contributed by atoms with van der Waals surface area (Å²) in [5, 5.41) is 10.2. The maximum atomic E-state index is 11.3. The van der Waals surface area contributed by atoms with Crippen LogP contribution in [-0.2, 0) is 6.42 Å². The van der Waals surface area contributed by atoms with Crippen LogP contribution in [0.1, 0.15) is 29.7 Å². The van der Waals surface area contributed by atoms with Crippen LogP contribution in [0.4, 0.5) is 0 Å². The number of benzene rings is 1. The molecule has 0 saturated carbocycles. The second-order valence-corrected chi connectivity index (χ2v) is 4.59. The number of nitrogens with zero attached hydrogens (tertiary/aromatic N) is 1. The molecule has 2 N–H and O–H groups in total. The fourth-order valence-corrected chi connectivity index (χ4v) is 2.27. The van der Waals surface area contributed by atoms with Gasteiger partial charge < -0.3 is 14.5 Å². The van der Waals surface area contributed by atoms with Gasteiger partial charge in [-0.1, -0.05) is 25.1 Å². The molecule has 0 spiro atoms. The number of hydrogen-bond donors (Lipinski definition) is 2. The third-order valence-corrected chi connectivity index (χ3v) is 3.17. The molecular weight excluding hydrogens is 256 g/mol. The molecule has 102 valence electrons. The molecule has 0 atom stereocenters. The molecule has 20 heavy (non-hydrogen) atoms. The van der Waals surface area contributed by atoms with Crippen LogP contribution in [0.5, 0.6) is 0 Å². The van der Waals surface area contributed by atoms with Gasteiger partial charge in [0.05, 0.1) is 0 Å². The molecule has 0 aliphatic carbocycles. The maximum absolute atomic E-state index is 11.3. The lowest BCUT2D eigenvalue weighted by Gasteiger charge is -1.96. The van der Waals surface area contributed by atoms with Crippen LogP contribution in [-0.4, -0.2) is 21.0 Å². The Balaban J connectivity index is 2.20. The van der Waals surface area contributed by atoms with Crippen molar-refractivity contribution >= 4 is 16.9 Å². The minimum atomic E-state index is -1.07. The van der Waals surface area contributed by atoms with E-state index < -0.39 is 5.97 Å². The molecule has 2 aromatic heterocycles. The van der Waals surface area contributed by atoms with Gasteiger partial charge in [0.15, 0.2) is 17.3 Å². The highest BCUT2D eigenvalue weighted by atomic mass is 16.4. The molecule has 0 saturated heterocycles. The first-order valence-electron chi connectivity index (χ1n) is 6.50. The van der Waals surface area contributed by atoms with Gasteiger partial charge in [0, 0.05) is 29.1 Å². The Kier molecular flexibility index (Phi) is 3.02. The minimum absolute atomic E-state index is 0.0294. The summed E-state index contributed by atoms with van der Waals surface area (Å²) < 4.78 is 5.66. The third kappa shape index (κ3) is 1.97. The predicted octanol–water partition coefficient (Wildman–Crippen LogP) is 3.47. The van der Waals surface area contributed by atoms with Crippen LogP contribution in [0.2, 0.25) is 0 Å². The summed E-state index contributed by atoms with van der Waals surface area (Å²) in [5.74, 6) is -0.292. The molecule has 0 unspecified atom stereocenters. The molecule has 0 aliphatic rings. The van der Waals surface area contributed by atoms with Crippen LogP contribution < -0.4 is 0 Å². The molecule has 3 rings (SSSR count). The highest BCUT2D eigenvalue weighted by Crippen LogP contribution is 2.32. The Hall–Kier alpha value is -2.56. The molecule has 0 aliphatic heterocycles. The number of nitrogens with one attached hydrogen (secondary N) is 1. The summed E-state index contributed by atoms with van der Waals surface area (Å²) in [6.07, 6.45) is 3.24. The lowest BCUT2D eigenvalue weighted by molar-refractivity contribution is 0.0691. The van der Waals surface area contributed by atoms with Gasteiger partial charge in [-0.2, -0.15) is 0 Å². The van der Waals surface area contributed by atoms with Crippen molar-refractivity contribution in [1.82, 2.24) is 9.97 Å². The minimum Gasteiger partial charge on any atom is -0.476 e. The number of hydrogen-bond acceptors (Lipinski definition) is 3. The first-order valence-corrected chi connectivity index (χ1v) is 6.50. The van der Waals surface area contributed by atoms with Crippen molar-refractivity contribution in [3.8, 4) is 11.3 Å². The Morgan fingerprint density at radius 2 is 2.20 bits per heavy atom. The van der Waals surface area contributed by atoms with E-state index >= 15 is 0 Å². The molecular formula is C15H14N2O3. The number of rotatable bonds is 4. The van der Waals surface area contributed by atoms with Crippen LogP contribution in [0.15, 0.2) is 34.9 Å². The van der Waals surface area contributed by atoms with E-state index in [1.807, 2.05) is 31.2 Å². The summed E-state index contributed by atoms with van der Waals surface area (Å²) in [6.45, 7) is 2.00. The van der Waals surface area contributed by atoms with Gasteiger partial charge in [0.1, 0.15) is 0 Å². The third-order valence-electron chi connectivity index (χ3n) is 3.17. The van der Waals surface area contributed by atoms with Gasteiger partial charge in [-0.05, 0) is 12.5 Å². The maximum Gasteiger partial charge on any atom is 0.358 e. The SMILES string of the molecule is CCCc1nc(C(=O)O)c(-c2c[nH]c3ccccc23)o1. The summed E-state index contributed by atoms with van der Waals surface area (Å²) >= 11 is 0. The molecule has 5 nitrogen and oxygen atoms in total. The van der Waals surface area contributed by atoms with Crippen LogP contribution >= 0.6 is 0 Å². The summed E-state index contributed by atoms with van der Waals surface area (Å²) in [7, 11) is 0. The van der Waals surface area contributed by atoms with Crippen LogP contribution in [0.25, 0.3) is 22.2 Å². The van der Waals surface area contributed by atoms with Crippen molar-refractivity contribution in [2.75, 3.05) is 0 Å². The first-order chi connectivity index (χ1) is 9.70. The number of para-hydroxylation sites is 1. The van der Waals surface area contributed by atoms with Gasteiger partial charge in [0.25, 0.3) is 0 Å². The Bertz CT molecular complexity index is 770. The van der Waals surface area contributed by atoms with Crippen molar-refractivity contribution in [2.45, 2.75) is 19.8 Å². The van der Waals surface area contributed by atoms with E-state index in [-0.39, 0.29) is 5.69 Å². The number of aromatic carboxylic acids is 1. The van der Waals surface area contributed by atoms with Crippen molar-refractivity contribution in [2.24, 2.45) is 0 Å². The van der Waals surface area contributed by atoms with E-state index in [4.69, 9.17) is 4.42 Å². The second kappa shape index (κ2) is 4.85. The van der Waals surface area contributed by atoms with Crippen LogP contribution in [0.3, 0.4) is 0 Å². The fourth-order valence-electron chi connectivity index (χ4n) is 2.27. The van der Waals surface area contributed by atoms with Crippen molar-refractivity contribution < 1.29 is 14.3 Å². The normalized spacial score (nSPS) is 11.1. The number of carboxylic acid groups (broad SMARTS) is 1. The number of aromatic nitrogens is 2. The highest BCUT2D eigenvalue weighted by Gasteiger charge is 2.22. The number of carbonyl (C=O) groups is 1. The topological polar surface area (TPSA) is 79.1 Å². The number of H-pyrrole nitrogens is 1. The van der Waals surface area contributed by atoms with Crippen molar-refractivity contribution in [3.63, 3.8) is 0 Å². The van der Waals surface area contributed by atoms with Gasteiger partial charge in [-0.15, -0.1) is 0 Å². The molecule has 3 aromatic rings. The Morgan fingerprint density at radius 3 is 2.95 bits per heavy atom. The van der Waals surface area contributed by atoms with Gasteiger partial charge in [0.2, 0.25) is 0 Å². The Morgan fingerprint density at radius 1 is 1.40 bits per heavy atom. The predicted molar refractivity (Wildman–Crippen MR) is 74.8 cm³/mol. The number of oxazole rings is 1. The van der Waals surface area contributed by atoms with E-state index in [1.165, 1.54) is 0 Å². The highest BCUT2D eigenvalue weighted by molar-refractivity contribution is 6.00. The van der Waals surface area contributed by atoms with Gasteiger partial charge in [-0.3, -0.25) is 0 Å². The molecule has 0 bridgehead atoms. The van der Waals surface area contributed by atoms with E-state index in [9.17, 15) is 9.90 Å². The lowest BCUT2D eigenvalue weighted by atomic mass is 10.1. The van der Waals surface area contributed by atoms with E-state index in [1.54, 1.807) is 6.20 Å². The van der Waals surface area contributed by atoms with Gasteiger partial charge >= 0.3 is 5.97 Å². The molecule has 0 fully saturated rings. The fraction of sp³-hybridized carbons (Fsp3) is 0.200. The number of aromatic amines is 1. The molecule has 5 heteroatoms. The number of aryl methyl sites for hydroxylation is 1.